The van der Waals surface area contributed by atoms with Crippen LogP contribution in [0.15, 0.2) is 21.9 Å². The second kappa shape index (κ2) is 9.53. The van der Waals surface area contributed by atoms with Crippen LogP contribution in [0.25, 0.3) is 0 Å². The maximum Gasteiger partial charge on any atom is 0.328 e. The van der Waals surface area contributed by atoms with Crippen molar-refractivity contribution in [1.29, 1.82) is 0 Å². The lowest BCUT2D eigenvalue weighted by molar-refractivity contribution is -0.0157. The van der Waals surface area contributed by atoms with E-state index in [1.54, 1.807) is 0 Å². The molecule has 28 heavy (non-hydrogen) atoms. The average Bonchev–Trinajstić information content (AvgIpc) is 2.91. The van der Waals surface area contributed by atoms with E-state index in [0.717, 1.165) is 12.8 Å². The van der Waals surface area contributed by atoms with E-state index in [9.17, 15) is 24.4 Å². The number of rotatable bonds is 9. The molecule has 0 spiro atoms. The maximum atomic E-state index is 12.6. The van der Waals surface area contributed by atoms with Crippen molar-refractivity contribution in [2.24, 2.45) is 5.92 Å². The quantitative estimate of drug-likeness (QED) is 0.530. The first kappa shape index (κ1) is 23.1. The van der Waals surface area contributed by atoms with E-state index in [1.165, 1.54) is 16.8 Å². The molecule has 0 aromatic carbocycles. The highest BCUT2D eigenvalue weighted by Gasteiger charge is 2.45. The Bertz CT molecular complexity index is 789. The number of nitrogens with zero attached hydrogens (tertiary/aromatic N) is 1. The molecule has 1 aromatic rings. The van der Waals surface area contributed by atoms with Crippen LogP contribution in [0.4, 0.5) is 0 Å². The van der Waals surface area contributed by atoms with Crippen LogP contribution in [0.2, 0.25) is 0 Å². The lowest BCUT2D eigenvalue weighted by Crippen LogP contribution is -2.37. The van der Waals surface area contributed by atoms with Crippen molar-refractivity contribution in [2.75, 3.05) is 0 Å². The van der Waals surface area contributed by atoms with E-state index in [4.69, 9.17) is 4.52 Å². The maximum absolute atomic E-state index is 12.6. The molecule has 0 saturated heterocycles. The Morgan fingerprint density at radius 2 is 1.93 bits per heavy atom. The van der Waals surface area contributed by atoms with E-state index >= 15 is 0 Å². The molecule has 6 atom stereocenters. The summed E-state index contributed by atoms with van der Waals surface area (Å²) >= 11 is 0. The van der Waals surface area contributed by atoms with Gasteiger partial charge in [0, 0.05) is 17.9 Å². The molecule has 1 saturated carbocycles. The summed E-state index contributed by atoms with van der Waals surface area (Å²) in [5, 5.41) is 21.1. The van der Waals surface area contributed by atoms with Crippen LogP contribution in [-0.4, -0.2) is 43.2 Å². The number of aromatic amines is 1. The predicted octanol–water partition coefficient (Wildman–Crippen LogP) is 2.06. The van der Waals surface area contributed by atoms with Crippen molar-refractivity contribution in [2.45, 2.75) is 89.3 Å². The SMILES string of the molecule is CCC(CC)[PH](=O)O[C@@](C)(CC)C[C@H]1CC(n2ccc(=O)[nH]c2=O)[C@H](O)[C@@H]1O. The zero-order valence-corrected chi connectivity index (χ0v) is 18.1. The Morgan fingerprint density at radius 1 is 1.29 bits per heavy atom. The van der Waals surface area contributed by atoms with E-state index in [0.29, 0.717) is 19.3 Å². The van der Waals surface area contributed by atoms with Gasteiger partial charge in [-0.25, -0.2) is 4.79 Å². The Hall–Kier alpha value is -1.21. The van der Waals surface area contributed by atoms with E-state index in [2.05, 4.69) is 4.98 Å². The van der Waals surface area contributed by atoms with Gasteiger partial charge in [0.05, 0.1) is 17.7 Å². The summed E-state index contributed by atoms with van der Waals surface area (Å²) in [6.45, 7) is 7.82. The monoisotopic (exact) mass is 416 g/mol. The third-order valence-corrected chi connectivity index (χ3v) is 8.26. The highest BCUT2D eigenvalue weighted by molar-refractivity contribution is 7.40. The minimum Gasteiger partial charge on any atom is -0.390 e. The molecule has 8 nitrogen and oxygen atoms in total. The second-order valence-corrected chi connectivity index (χ2v) is 9.66. The van der Waals surface area contributed by atoms with Crippen LogP contribution in [0.5, 0.6) is 0 Å². The Kier molecular flexibility index (Phi) is 7.85. The fraction of sp³-hybridized carbons (Fsp3) is 0.789. The molecule has 1 aromatic heterocycles. The van der Waals surface area contributed by atoms with E-state index in [1.807, 2.05) is 27.7 Å². The van der Waals surface area contributed by atoms with Gasteiger partial charge in [-0.05, 0) is 44.9 Å². The Morgan fingerprint density at radius 3 is 2.46 bits per heavy atom. The van der Waals surface area contributed by atoms with Gasteiger partial charge in [0.1, 0.15) is 6.10 Å². The second-order valence-electron chi connectivity index (χ2n) is 8.00. The van der Waals surface area contributed by atoms with Crippen LogP contribution in [0.3, 0.4) is 0 Å². The normalized spacial score (nSPS) is 28.4. The van der Waals surface area contributed by atoms with Crippen molar-refractivity contribution < 1.29 is 19.3 Å². The number of hydrogen-bond acceptors (Lipinski definition) is 6. The first-order valence-corrected chi connectivity index (χ1v) is 11.5. The highest BCUT2D eigenvalue weighted by atomic mass is 31.1. The third-order valence-electron chi connectivity index (χ3n) is 6.09. The molecule has 1 aliphatic carbocycles. The van der Waals surface area contributed by atoms with Crippen molar-refractivity contribution in [3.8, 4) is 0 Å². The van der Waals surface area contributed by atoms with Crippen LogP contribution >= 0.6 is 8.03 Å². The molecule has 160 valence electrons. The van der Waals surface area contributed by atoms with Crippen LogP contribution in [0, 0.1) is 5.92 Å². The number of aromatic nitrogens is 2. The number of hydrogen-bond donors (Lipinski definition) is 3. The molecule has 0 radical (unpaired) electrons. The van der Waals surface area contributed by atoms with Crippen LogP contribution in [0.1, 0.15) is 65.8 Å². The molecule has 1 aliphatic rings. The number of nitrogens with one attached hydrogen (secondary N) is 1. The first-order chi connectivity index (χ1) is 13.2. The van der Waals surface area contributed by atoms with Gasteiger partial charge in [0.25, 0.3) is 5.56 Å². The first-order valence-electron chi connectivity index (χ1n) is 10.1. The van der Waals surface area contributed by atoms with Gasteiger partial charge in [-0.15, -0.1) is 0 Å². The molecule has 2 rings (SSSR count). The third kappa shape index (κ3) is 5.03. The molecular formula is C19H33N2O6P. The lowest BCUT2D eigenvalue weighted by Gasteiger charge is -2.33. The Labute approximate surface area is 165 Å². The zero-order chi connectivity index (χ0) is 21.1. The summed E-state index contributed by atoms with van der Waals surface area (Å²) in [6, 6.07) is 0.580. The highest BCUT2D eigenvalue weighted by Crippen LogP contribution is 2.45. The van der Waals surface area contributed by atoms with Crippen molar-refractivity contribution >= 4 is 8.03 Å². The Balaban J connectivity index is 2.17. The number of aliphatic hydroxyl groups excluding tert-OH is 2. The molecule has 0 amide bonds. The van der Waals surface area contributed by atoms with Gasteiger partial charge >= 0.3 is 5.69 Å². The summed E-state index contributed by atoms with van der Waals surface area (Å²) in [6.07, 6.45) is 2.15. The summed E-state index contributed by atoms with van der Waals surface area (Å²) in [4.78, 5) is 25.5. The van der Waals surface area contributed by atoms with Gasteiger partial charge in [-0.3, -0.25) is 18.9 Å². The predicted molar refractivity (Wildman–Crippen MR) is 108 cm³/mol. The van der Waals surface area contributed by atoms with Gasteiger partial charge in [0.15, 0.2) is 8.03 Å². The topological polar surface area (TPSA) is 122 Å². The zero-order valence-electron chi connectivity index (χ0n) is 17.1. The van der Waals surface area contributed by atoms with E-state index < -0.39 is 43.1 Å². The summed E-state index contributed by atoms with van der Waals surface area (Å²) in [5.41, 5.74) is -1.78. The van der Waals surface area contributed by atoms with Gasteiger partial charge in [0.2, 0.25) is 0 Å². The van der Waals surface area contributed by atoms with E-state index in [-0.39, 0.29) is 11.6 Å². The van der Waals surface area contributed by atoms with Crippen molar-refractivity contribution in [3.05, 3.63) is 33.1 Å². The molecule has 0 bridgehead atoms. The van der Waals surface area contributed by atoms with Crippen LogP contribution in [-0.2, 0) is 9.09 Å². The number of H-pyrrole nitrogens is 1. The summed E-state index contributed by atoms with van der Waals surface area (Å²) in [5.74, 6) is -0.319. The minimum absolute atomic E-state index is 0.0300. The smallest absolute Gasteiger partial charge is 0.328 e. The average molecular weight is 416 g/mol. The van der Waals surface area contributed by atoms with Gasteiger partial charge in [-0.1, -0.05) is 20.8 Å². The molecule has 9 heteroatoms. The molecule has 1 heterocycles. The van der Waals surface area contributed by atoms with Crippen molar-refractivity contribution in [1.82, 2.24) is 9.55 Å². The lowest BCUT2D eigenvalue weighted by atomic mass is 9.87. The summed E-state index contributed by atoms with van der Waals surface area (Å²) in [7, 11) is -2.24. The fourth-order valence-electron chi connectivity index (χ4n) is 4.03. The molecule has 3 N–H and O–H groups in total. The van der Waals surface area contributed by atoms with Gasteiger partial charge < -0.3 is 14.7 Å². The van der Waals surface area contributed by atoms with Crippen LogP contribution < -0.4 is 11.2 Å². The van der Waals surface area contributed by atoms with Crippen molar-refractivity contribution in [3.63, 3.8) is 0 Å². The summed E-state index contributed by atoms with van der Waals surface area (Å²) < 4.78 is 19.9. The molecule has 2 unspecified atom stereocenters. The largest absolute Gasteiger partial charge is 0.390 e. The molecule has 0 aliphatic heterocycles. The fourth-order valence-corrected chi connectivity index (χ4v) is 5.57. The minimum atomic E-state index is -2.24. The number of aliphatic hydroxyl groups is 2. The molecule has 1 fully saturated rings. The standard InChI is InChI=1S/C19H33N2O6P/c1-5-13(6-2)28(26)27-19(4,7-3)11-12-10-14(17(24)16(12)23)21-9-8-15(22)20-18(21)25/h8-9,12-14,16-17,23-24,28H,5-7,10-11H2,1-4H3,(H,20,22,25)/t12-,14?,16-,17+,19+/m1/s1. The van der Waals surface area contributed by atoms with Gasteiger partial charge in [-0.2, -0.15) is 0 Å². The molecular weight excluding hydrogens is 383 g/mol.